The zero-order chi connectivity index (χ0) is 7.68. The summed E-state index contributed by atoms with van der Waals surface area (Å²) < 4.78 is 0. The predicted octanol–water partition coefficient (Wildman–Crippen LogP) is -0.0920. The highest BCUT2D eigenvalue weighted by Gasteiger charge is 2.00. The highest BCUT2D eigenvalue weighted by Crippen LogP contribution is 1.80. The highest BCUT2D eigenvalue weighted by molar-refractivity contribution is 6.07. The number of fused-ring (bicyclic) bond motifs is 1. The lowest BCUT2D eigenvalue weighted by Crippen LogP contribution is -2.31. The van der Waals surface area contributed by atoms with E-state index in [4.69, 9.17) is 0 Å². The fraction of sp³-hybridized carbons (Fsp3) is 0.125. The van der Waals surface area contributed by atoms with Gasteiger partial charge in [0, 0.05) is 17.6 Å². The fourth-order valence-electron chi connectivity index (χ4n) is 1.04. The van der Waals surface area contributed by atoms with Crippen molar-refractivity contribution in [2.45, 2.75) is 0 Å². The van der Waals surface area contributed by atoms with E-state index in [1.165, 1.54) is 0 Å². The number of ketones is 1. The van der Waals surface area contributed by atoms with Crippen molar-refractivity contribution in [1.82, 2.24) is 4.98 Å². The molecule has 0 aliphatic carbocycles. The van der Waals surface area contributed by atoms with E-state index in [9.17, 15) is 4.79 Å². The second kappa shape index (κ2) is 4.94. The lowest BCUT2D eigenvalue weighted by Gasteiger charge is -1.95. The molecule has 0 N–H and O–H groups in total. The molecule has 0 fully saturated rings. The van der Waals surface area contributed by atoms with Gasteiger partial charge in [0.2, 0.25) is 0 Å². The number of nitrogens with zero attached hydrogens (tertiary/aromatic N) is 2. The molecular formula is C8H8Cl2N2O. The van der Waals surface area contributed by atoms with Gasteiger partial charge in [-0.2, -0.15) is 0 Å². The van der Waals surface area contributed by atoms with Gasteiger partial charge in [0.1, 0.15) is 6.54 Å². The molecule has 5 heteroatoms. The van der Waals surface area contributed by atoms with Gasteiger partial charge in [-0.25, -0.2) is 0 Å². The van der Waals surface area contributed by atoms with Crippen molar-refractivity contribution < 1.29 is 4.79 Å². The average molecular weight is 219 g/mol. The maximum Gasteiger partial charge on any atom is 0.177 e. The van der Waals surface area contributed by atoms with Gasteiger partial charge in [0.25, 0.3) is 0 Å². The molecule has 0 amide bonds. The summed E-state index contributed by atoms with van der Waals surface area (Å²) in [4.78, 5) is 18.8. The average Bonchev–Trinajstić information content (AvgIpc) is 2.04. The van der Waals surface area contributed by atoms with E-state index in [1.54, 1.807) is 24.5 Å². The molecule has 0 saturated carbocycles. The van der Waals surface area contributed by atoms with Crippen molar-refractivity contribution in [1.29, 1.82) is 0 Å². The summed E-state index contributed by atoms with van der Waals surface area (Å²) in [6.07, 6.45) is 4.90. The Morgan fingerprint density at radius 2 is 2.08 bits per heavy atom. The number of aromatic nitrogens is 1. The molecule has 0 saturated heterocycles. The van der Waals surface area contributed by atoms with E-state index in [0.29, 0.717) is 0 Å². The maximum atomic E-state index is 10.8. The van der Waals surface area contributed by atoms with Crippen LogP contribution >= 0.6 is 24.8 Å². The van der Waals surface area contributed by atoms with E-state index in [-0.39, 0.29) is 37.1 Å². The van der Waals surface area contributed by atoms with Gasteiger partial charge in [0.05, 0.1) is 5.36 Å². The number of carbonyl (C=O) groups is 1. The summed E-state index contributed by atoms with van der Waals surface area (Å²) >= 11 is 0. The SMILES string of the molecule is Cl.Cl.O=C1C=c2cnccc2=NC1. The number of Topliss-reactive ketones (excluding diaryl/α,β-unsaturated/α-hetero) is 1. The van der Waals surface area contributed by atoms with Crippen molar-refractivity contribution >= 4 is 36.7 Å². The van der Waals surface area contributed by atoms with Crippen LogP contribution in [0, 0.1) is 0 Å². The normalized spacial score (nSPS) is 12.5. The van der Waals surface area contributed by atoms with E-state index >= 15 is 0 Å². The molecule has 13 heavy (non-hydrogen) atoms. The van der Waals surface area contributed by atoms with Crippen LogP contribution in [0.5, 0.6) is 0 Å². The van der Waals surface area contributed by atoms with Crippen LogP contribution in [0.25, 0.3) is 6.08 Å². The van der Waals surface area contributed by atoms with Crippen LogP contribution in [0.1, 0.15) is 0 Å². The van der Waals surface area contributed by atoms with Crippen LogP contribution < -0.4 is 10.6 Å². The summed E-state index contributed by atoms with van der Waals surface area (Å²) in [5, 5.41) is 1.68. The Bertz CT molecular complexity index is 416. The van der Waals surface area contributed by atoms with Crippen LogP contribution in [-0.4, -0.2) is 17.3 Å². The molecule has 1 aliphatic rings. The zero-order valence-electron chi connectivity index (χ0n) is 6.64. The number of carbonyl (C=O) groups excluding carboxylic acids is 1. The van der Waals surface area contributed by atoms with E-state index in [2.05, 4.69) is 9.98 Å². The fourth-order valence-corrected chi connectivity index (χ4v) is 1.04. The van der Waals surface area contributed by atoms with Gasteiger partial charge in [-0.05, 0) is 12.1 Å². The first-order chi connectivity index (χ1) is 5.36. The van der Waals surface area contributed by atoms with Crippen molar-refractivity contribution in [3.05, 3.63) is 29.0 Å². The Morgan fingerprint density at radius 3 is 2.85 bits per heavy atom. The molecule has 1 aliphatic heterocycles. The maximum absolute atomic E-state index is 10.8. The molecule has 0 atom stereocenters. The zero-order valence-corrected chi connectivity index (χ0v) is 8.27. The van der Waals surface area contributed by atoms with Gasteiger partial charge in [0.15, 0.2) is 5.78 Å². The third kappa shape index (κ3) is 2.50. The van der Waals surface area contributed by atoms with Crippen LogP contribution in [0.3, 0.4) is 0 Å². The predicted molar refractivity (Wildman–Crippen MR) is 53.9 cm³/mol. The minimum atomic E-state index is 0. The summed E-state index contributed by atoms with van der Waals surface area (Å²) in [6, 6.07) is 1.80. The molecule has 3 nitrogen and oxygen atoms in total. The summed E-state index contributed by atoms with van der Waals surface area (Å²) in [7, 11) is 0. The van der Waals surface area contributed by atoms with Gasteiger partial charge in [-0.1, -0.05) is 0 Å². The smallest absolute Gasteiger partial charge is 0.177 e. The number of rotatable bonds is 0. The first kappa shape index (κ1) is 12.1. The first-order valence-corrected chi connectivity index (χ1v) is 3.35. The number of halogens is 2. The quantitative estimate of drug-likeness (QED) is 0.611. The molecule has 0 unspecified atom stereocenters. The Kier molecular flexibility index (Phi) is 4.59. The molecule has 70 valence electrons. The van der Waals surface area contributed by atoms with Gasteiger partial charge >= 0.3 is 0 Å². The van der Waals surface area contributed by atoms with Crippen LogP contribution in [-0.2, 0) is 4.79 Å². The third-order valence-corrected chi connectivity index (χ3v) is 1.55. The van der Waals surface area contributed by atoms with E-state index in [1.807, 2.05) is 0 Å². The minimum Gasteiger partial charge on any atom is -0.293 e. The standard InChI is InChI=1S/C8H6N2O.2ClH/c11-7-3-6-4-9-2-1-8(6)10-5-7;;/h1-4H,5H2;2*1H. The Hall–Kier alpha value is -0.930. The Balaban J connectivity index is 0.000000720. The second-order valence-electron chi connectivity index (χ2n) is 2.36. The number of hydrogen-bond donors (Lipinski definition) is 0. The van der Waals surface area contributed by atoms with Crippen molar-refractivity contribution in [3.63, 3.8) is 0 Å². The molecule has 1 aromatic heterocycles. The second-order valence-corrected chi connectivity index (χ2v) is 2.36. The van der Waals surface area contributed by atoms with Gasteiger partial charge < -0.3 is 0 Å². The first-order valence-electron chi connectivity index (χ1n) is 3.35. The van der Waals surface area contributed by atoms with Crippen LogP contribution in [0.15, 0.2) is 23.5 Å². The number of hydrogen-bond acceptors (Lipinski definition) is 3. The molecule has 2 heterocycles. The molecule has 2 rings (SSSR count). The third-order valence-electron chi connectivity index (χ3n) is 1.55. The lowest BCUT2D eigenvalue weighted by atomic mass is 10.2. The molecule has 0 radical (unpaired) electrons. The minimum absolute atomic E-state index is 0. The lowest BCUT2D eigenvalue weighted by molar-refractivity contribution is -0.112. The molecular weight excluding hydrogens is 211 g/mol. The molecule has 1 aromatic rings. The van der Waals surface area contributed by atoms with Crippen LogP contribution in [0.4, 0.5) is 0 Å². The summed E-state index contributed by atoms with van der Waals surface area (Å²) in [6.45, 7) is 0.275. The van der Waals surface area contributed by atoms with Crippen molar-refractivity contribution in [2.24, 2.45) is 4.99 Å². The van der Waals surface area contributed by atoms with Gasteiger partial charge in [-0.15, -0.1) is 24.8 Å². The molecule has 0 bridgehead atoms. The van der Waals surface area contributed by atoms with Crippen LogP contribution in [0.2, 0.25) is 0 Å². The summed E-state index contributed by atoms with van der Waals surface area (Å²) in [5.74, 6) is 0.0468. The van der Waals surface area contributed by atoms with E-state index in [0.717, 1.165) is 10.6 Å². The monoisotopic (exact) mass is 218 g/mol. The number of pyridine rings is 1. The van der Waals surface area contributed by atoms with Gasteiger partial charge in [-0.3, -0.25) is 14.8 Å². The summed E-state index contributed by atoms with van der Waals surface area (Å²) in [5.41, 5.74) is 0. The molecule has 0 spiro atoms. The van der Waals surface area contributed by atoms with Crippen molar-refractivity contribution in [3.8, 4) is 0 Å². The largest absolute Gasteiger partial charge is 0.293 e. The van der Waals surface area contributed by atoms with Crippen molar-refractivity contribution in [2.75, 3.05) is 6.54 Å². The Labute approximate surface area is 87.4 Å². The highest BCUT2D eigenvalue weighted by atomic mass is 35.5. The topological polar surface area (TPSA) is 42.3 Å². The van der Waals surface area contributed by atoms with E-state index < -0.39 is 0 Å². The molecule has 0 aromatic carbocycles. The Morgan fingerprint density at radius 1 is 1.31 bits per heavy atom.